The largest absolute Gasteiger partial charge is 0.344 e. The predicted octanol–water partition coefficient (Wildman–Crippen LogP) is 2.22. The standard InChI is InChI=1S/C14H28N2O/c1-11(2)9-12(3)16-8-7-15(6)13(17)14(4,5)10-16/h11-12H,7-10H2,1-6H3. The average molecular weight is 240 g/mol. The van der Waals surface area contributed by atoms with Gasteiger partial charge in [-0.1, -0.05) is 13.8 Å². The zero-order valence-electron chi connectivity index (χ0n) is 12.3. The van der Waals surface area contributed by atoms with Gasteiger partial charge in [0.1, 0.15) is 0 Å². The second-order valence-electron chi connectivity index (χ2n) is 6.56. The van der Waals surface area contributed by atoms with Crippen LogP contribution >= 0.6 is 0 Å². The normalized spacial score (nSPS) is 23.9. The Balaban J connectivity index is 2.73. The van der Waals surface area contributed by atoms with Crippen LogP contribution in [0.15, 0.2) is 0 Å². The van der Waals surface area contributed by atoms with Gasteiger partial charge in [-0.3, -0.25) is 9.69 Å². The second-order valence-corrected chi connectivity index (χ2v) is 6.56. The van der Waals surface area contributed by atoms with E-state index in [0.29, 0.717) is 12.0 Å². The maximum atomic E-state index is 12.2. The van der Waals surface area contributed by atoms with Crippen LogP contribution in [0.4, 0.5) is 0 Å². The van der Waals surface area contributed by atoms with E-state index in [9.17, 15) is 4.79 Å². The topological polar surface area (TPSA) is 23.6 Å². The average Bonchev–Trinajstić information content (AvgIpc) is 2.29. The highest BCUT2D eigenvalue weighted by molar-refractivity contribution is 5.82. The molecule has 0 N–H and O–H groups in total. The van der Waals surface area contributed by atoms with Gasteiger partial charge in [0.2, 0.25) is 5.91 Å². The molecule has 3 heteroatoms. The van der Waals surface area contributed by atoms with Crippen molar-refractivity contribution in [3.05, 3.63) is 0 Å². The van der Waals surface area contributed by atoms with Crippen LogP contribution < -0.4 is 0 Å². The number of hydrogen-bond donors (Lipinski definition) is 0. The highest BCUT2D eigenvalue weighted by atomic mass is 16.2. The zero-order chi connectivity index (χ0) is 13.2. The molecule has 1 unspecified atom stereocenters. The molecule has 0 bridgehead atoms. The van der Waals surface area contributed by atoms with Gasteiger partial charge in [0.25, 0.3) is 0 Å². The van der Waals surface area contributed by atoms with Crippen molar-refractivity contribution in [2.45, 2.75) is 47.1 Å². The van der Waals surface area contributed by atoms with E-state index >= 15 is 0 Å². The minimum absolute atomic E-state index is 0.253. The van der Waals surface area contributed by atoms with Crippen molar-refractivity contribution in [2.75, 3.05) is 26.7 Å². The van der Waals surface area contributed by atoms with Gasteiger partial charge in [-0.15, -0.1) is 0 Å². The summed E-state index contributed by atoms with van der Waals surface area (Å²) in [6, 6.07) is 0.563. The first-order valence-corrected chi connectivity index (χ1v) is 6.73. The summed E-state index contributed by atoms with van der Waals surface area (Å²) in [5.74, 6) is 0.988. The van der Waals surface area contributed by atoms with Crippen molar-refractivity contribution in [2.24, 2.45) is 11.3 Å². The van der Waals surface area contributed by atoms with Crippen LogP contribution in [0.3, 0.4) is 0 Å². The van der Waals surface area contributed by atoms with E-state index < -0.39 is 0 Å². The number of hydrogen-bond acceptors (Lipinski definition) is 2. The Morgan fingerprint density at radius 3 is 2.35 bits per heavy atom. The molecule has 0 aromatic carbocycles. The molecule has 1 rings (SSSR count). The van der Waals surface area contributed by atoms with Crippen molar-refractivity contribution in [1.82, 2.24) is 9.80 Å². The summed E-state index contributed by atoms with van der Waals surface area (Å²) in [5.41, 5.74) is -0.253. The molecule has 0 aromatic rings. The molecule has 1 atom stereocenters. The van der Waals surface area contributed by atoms with Crippen molar-refractivity contribution >= 4 is 5.91 Å². The highest BCUT2D eigenvalue weighted by Crippen LogP contribution is 2.25. The molecule has 3 nitrogen and oxygen atoms in total. The van der Waals surface area contributed by atoms with E-state index in [0.717, 1.165) is 19.6 Å². The van der Waals surface area contributed by atoms with Gasteiger partial charge in [-0.05, 0) is 33.1 Å². The van der Waals surface area contributed by atoms with Crippen LogP contribution in [0.25, 0.3) is 0 Å². The molecular weight excluding hydrogens is 212 g/mol. The first-order valence-electron chi connectivity index (χ1n) is 6.73. The molecular formula is C14H28N2O. The van der Waals surface area contributed by atoms with Crippen LogP contribution in [-0.2, 0) is 4.79 Å². The van der Waals surface area contributed by atoms with Crippen LogP contribution in [0, 0.1) is 11.3 Å². The van der Waals surface area contributed by atoms with Crippen molar-refractivity contribution in [3.63, 3.8) is 0 Å². The summed E-state index contributed by atoms with van der Waals surface area (Å²) in [4.78, 5) is 16.5. The van der Waals surface area contributed by atoms with E-state index in [-0.39, 0.29) is 11.3 Å². The molecule has 1 aliphatic rings. The lowest BCUT2D eigenvalue weighted by molar-refractivity contribution is -0.137. The lowest BCUT2D eigenvalue weighted by Crippen LogP contribution is -2.43. The Hall–Kier alpha value is -0.570. The van der Waals surface area contributed by atoms with Gasteiger partial charge < -0.3 is 4.90 Å². The smallest absolute Gasteiger partial charge is 0.229 e. The third-order valence-corrected chi connectivity index (χ3v) is 3.68. The molecule has 1 fully saturated rings. The predicted molar refractivity (Wildman–Crippen MR) is 71.9 cm³/mol. The van der Waals surface area contributed by atoms with Crippen LogP contribution in [0.2, 0.25) is 0 Å². The zero-order valence-corrected chi connectivity index (χ0v) is 12.3. The van der Waals surface area contributed by atoms with Gasteiger partial charge >= 0.3 is 0 Å². The fraction of sp³-hybridized carbons (Fsp3) is 0.929. The number of nitrogens with zero attached hydrogens (tertiary/aromatic N) is 2. The van der Waals surface area contributed by atoms with Crippen LogP contribution in [-0.4, -0.2) is 48.4 Å². The fourth-order valence-corrected chi connectivity index (χ4v) is 2.76. The quantitative estimate of drug-likeness (QED) is 0.755. The number of carbonyl (C=O) groups excluding carboxylic acids is 1. The number of likely N-dealkylation sites (N-methyl/N-ethyl adjacent to an activating group) is 1. The third kappa shape index (κ3) is 3.70. The van der Waals surface area contributed by atoms with Crippen LogP contribution in [0.1, 0.15) is 41.0 Å². The van der Waals surface area contributed by atoms with Crippen molar-refractivity contribution < 1.29 is 4.79 Å². The fourth-order valence-electron chi connectivity index (χ4n) is 2.76. The molecule has 0 radical (unpaired) electrons. The van der Waals surface area contributed by atoms with E-state index in [2.05, 4.69) is 39.5 Å². The molecule has 1 amide bonds. The number of rotatable bonds is 3. The van der Waals surface area contributed by atoms with Gasteiger partial charge in [0, 0.05) is 32.7 Å². The Morgan fingerprint density at radius 2 is 1.82 bits per heavy atom. The summed E-state index contributed by atoms with van der Waals surface area (Å²) in [5, 5.41) is 0. The van der Waals surface area contributed by atoms with Gasteiger partial charge in [0.05, 0.1) is 5.41 Å². The molecule has 1 heterocycles. The minimum atomic E-state index is -0.253. The molecule has 17 heavy (non-hydrogen) atoms. The lowest BCUT2D eigenvalue weighted by atomic mass is 9.90. The van der Waals surface area contributed by atoms with E-state index in [1.165, 1.54) is 6.42 Å². The summed E-state index contributed by atoms with van der Waals surface area (Å²) in [6.07, 6.45) is 1.20. The van der Waals surface area contributed by atoms with E-state index in [1.807, 2.05) is 11.9 Å². The molecule has 100 valence electrons. The molecule has 0 spiro atoms. The molecule has 0 aliphatic carbocycles. The Kier molecular flexibility index (Phi) is 4.59. The summed E-state index contributed by atoms with van der Waals surface area (Å²) >= 11 is 0. The van der Waals surface area contributed by atoms with Gasteiger partial charge in [0.15, 0.2) is 0 Å². The first kappa shape index (κ1) is 14.5. The molecule has 0 aromatic heterocycles. The maximum absolute atomic E-state index is 12.2. The molecule has 1 saturated heterocycles. The number of carbonyl (C=O) groups is 1. The Morgan fingerprint density at radius 1 is 1.24 bits per heavy atom. The van der Waals surface area contributed by atoms with Crippen molar-refractivity contribution in [3.8, 4) is 0 Å². The van der Waals surface area contributed by atoms with Gasteiger partial charge in [-0.2, -0.15) is 0 Å². The highest BCUT2D eigenvalue weighted by Gasteiger charge is 2.36. The molecule has 1 aliphatic heterocycles. The molecule has 0 saturated carbocycles. The minimum Gasteiger partial charge on any atom is -0.344 e. The Labute approximate surface area is 106 Å². The lowest BCUT2D eigenvalue weighted by Gasteiger charge is -2.33. The SMILES string of the molecule is CC(C)CC(C)N1CCN(C)C(=O)C(C)(C)C1. The van der Waals surface area contributed by atoms with Gasteiger partial charge in [-0.25, -0.2) is 0 Å². The summed E-state index contributed by atoms with van der Waals surface area (Å²) in [7, 11) is 1.92. The van der Waals surface area contributed by atoms with Crippen LogP contribution in [0.5, 0.6) is 0 Å². The van der Waals surface area contributed by atoms with E-state index in [1.54, 1.807) is 0 Å². The second kappa shape index (κ2) is 5.38. The third-order valence-electron chi connectivity index (χ3n) is 3.68. The number of amides is 1. The summed E-state index contributed by atoms with van der Waals surface area (Å²) in [6.45, 7) is 13.7. The van der Waals surface area contributed by atoms with Crippen molar-refractivity contribution in [1.29, 1.82) is 0 Å². The summed E-state index contributed by atoms with van der Waals surface area (Å²) < 4.78 is 0. The monoisotopic (exact) mass is 240 g/mol. The van der Waals surface area contributed by atoms with E-state index in [4.69, 9.17) is 0 Å². The Bertz CT molecular complexity index is 273. The maximum Gasteiger partial charge on any atom is 0.229 e. The first-order chi connectivity index (χ1) is 7.74.